The number of nitriles is 1. The number of aliphatic hydroxyl groups excluding tert-OH is 1. The lowest BCUT2D eigenvalue weighted by atomic mass is 9.88. The predicted octanol–water partition coefficient (Wildman–Crippen LogP) is 1.06. The van der Waals surface area contributed by atoms with Gasteiger partial charge in [0.05, 0.1) is 42.2 Å². The molecule has 0 saturated carbocycles. The molecule has 30 heavy (non-hydrogen) atoms. The molecule has 3 aromatic heterocycles. The Bertz CT molecular complexity index is 1120. The van der Waals surface area contributed by atoms with Gasteiger partial charge in [-0.15, -0.1) is 0 Å². The molecule has 9 nitrogen and oxygen atoms in total. The minimum absolute atomic E-state index is 0.0917. The number of ether oxygens (including phenoxy) is 1. The van der Waals surface area contributed by atoms with Crippen molar-refractivity contribution in [3.05, 3.63) is 42.4 Å². The van der Waals surface area contributed by atoms with Gasteiger partial charge >= 0.3 is 0 Å². The summed E-state index contributed by atoms with van der Waals surface area (Å²) in [5.41, 5.74) is 2.77. The molecule has 3 aliphatic heterocycles. The van der Waals surface area contributed by atoms with Crippen LogP contribution in [0.1, 0.15) is 12.0 Å². The molecule has 2 bridgehead atoms. The van der Waals surface area contributed by atoms with Gasteiger partial charge in [0.15, 0.2) is 0 Å². The molecular weight excluding hydrogens is 384 g/mol. The van der Waals surface area contributed by atoms with Gasteiger partial charge in [0.25, 0.3) is 0 Å². The summed E-state index contributed by atoms with van der Waals surface area (Å²) in [6.45, 7) is 1.66. The second-order valence-corrected chi connectivity index (χ2v) is 7.53. The predicted molar refractivity (Wildman–Crippen MR) is 108 cm³/mol. The maximum absolute atomic E-state index is 11.1. The highest BCUT2D eigenvalue weighted by Gasteiger charge is 2.44. The van der Waals surface area contributed by atoms with E-state index in [0.29, 0.717) is 16.8 Å². The Kier molecular flexibility index (Phi) is 4.48. The Morgan fingerprint density at radius 3 is 2.80 bits per heavy atom. The minimum Gasteiger partial charge on any atom is -0.490 e. The average molecular weight is 404 g/mol. The lowest BCUT2D eigenvalue weighted by Gasteiger charge is -2.55. The Balaban J connectivity index is 1.47. The van der Waals surface area contributed by atoms with E-state index in [-0.39, 0.29) is 25.3 Å². The summed E-state index contributed by atoms with van der Waals surface area (Å²) in [7, 11) is 0. The van der Waals surface area contributed by atoms with Crippen LogP contribution in [-0.2, 0) is 4.79 Å². The largest absolute Gasteiger partial charge is 0.490 e. The number of amides is 1. The lowest BCUT2D eigenvalue weighted by molar-refractivity contribution is -0.131. The Hall–Kier alpha value is -3.64. The van der Waals surface area contributed by atoms with Crippen LogP contribution in [0.4, 0.5) is 5.82 Å². The van der Waals surface area contributed by atoms with Crippen LogP contribution in [0, 0.1) is 11.3 Å². The van der Waals surface area contributed by atoms with Crippen molar-refractivity contribution in [2.75, 3.05) is 31.2 Å². The number of hydrogen-bond acceptors (Lipinski definition) is 7. The molecule has 0 aliphatic carbocycles. The summed E-state index contributed by atoms with van der Waals surface area (Å²) in [5.74, 6) is 1.42. The normalized spacial score (nSPS) is 20.0. The van der Waals surface area contributed by atoms with E-state index in [4.69, 9.17) is 9.84 Å². The zero-order chi connectivity index (χ0) is 20.7. The van der Waals surface area contributed by atoms with E-state index in [9.17, 15) is 10.1 Å². The standard InChI is InChI=1S/C21H20N6O3/c22-7-15-9-24-27-12-18(30-4-3-28)6-19(21(15)27)14-1-2-20(23-8-14)25-10-16-5-17(11-25)26(16)13-29/h1-2,6,8-9,12-13,16-17,28H,3-5,10-11H2. The molecule has 2 unspecified atom stereocenters. The van der Waals surface area contributed by atoms with Crippen molar-refractivity contribution in [2.24, 2.45) is 0 Å². The molecular formula is C21H20N6O3. The number of hydrogen-bond donors (Lipinski definition) is 1. The highest BCUT2D eigenvalue weighted by molar-refractivity contribution is 5.85. The number of anilines is 1. The second kappa shape index (κ2) is 7.31. The smallest absolute Gasteiger partial charge is 0.210 e. The average Bonchev–Trinajstić information content (AvgIpc) is 3.20. The van der Waals surface area contributed by atoms with Crippen LogP contribution in [0.15, 0.2) is 36.8 Å². The summed E-state index contributed by atoms with van der Waals surface area (Å²) in [6.07, 6.45) is 7.00. The quantitative estimate of drug-likeness (QED) is 0.612. The Morgan fingerprint density at radius 2 is 2.13 bits per heavy atom. The molecule has 9 heteroatoms. The van der Waals surface area contributed by atoms with Crippen molar-refractivity contribution in [1.82, 2.24) is 19.5 Å². The molecule has 0 spiro atoms. The van der Waals surface area contributed by atoms with Crippen LogP contribution in [0.5, 0.6) is 5.75 Å². The third-order valence-electron chi connectivity index (χ3n) is 5.82. The van der Waals surface area contributed by atoms with Crippen molar-refractivity contribution >= 4 is 17.7 Å². The monoisotopic (exact) mass is 404 g/mol. The number of carbonyl (C=O) groups is 1. The van der Waals surface area contributed by atoms with Crippen molar-refractivity contribution in [1.29, 1.82) is 5.26 Å². The van der Waals surface area contributed by atoms with Gasteiger partial charge in [0.1, 0.15) is 24.2 Å². The van der Waals surface area contributed by atoms with Crippen LogP contribution in [-0.4, -0.2) is 69.4 Å². The second-order valence-electron chi connectivity index (χ2n) is 7.53. The van der Waals surface area contributed by atoms with E-state index < -0.39 is 0 Å². The van der Waals surface area contributed by atoms with Crippen molar-refractivity contribution in [3.63, 3.8) is 0 Å². The number of fused-ring (bicyclic) bond motifs is 3. The topological polar surface area (TPSA) is 107 Å². The van der Waals surface area contributed by atoms with E-state index in [1.165, 1.54) is 6.20 Å². The van der Waals surface area contributed by atoms with Crippen LogP contribution in [0.2, 0.25) is 0 Å². The number of aromatic nitrogens is 3. The van der Waals surface area contributed by atoms with Crippen LogP contribution < -0.4 is 9.64 Å². The summed E-state index contributed by atoms with van der Waals surface area (Å²) in [5, 5.41) is 22.8. The summed E-state index contributed by atoms with van der Waals surface area (Å²) >= 11 is 0. The van der Waals surface area contributed by atoms with Gasteiger partial charge in [0.2, 0.25) is 6.41 Å². The number of carbonyl (C=O) groups excluding carboxylic acids is 1. The van der Waals surface area contributed by atoms with Gasteiger partial charge in [-0.05, 0) is 24.6 Å². The minimum atomic E-state index is -0.0917. The molecule has 6 rings (SSSR count). The number of nitrogens with zero attached hydrogens (tertiary/aromatic N) is 6. The fourth-order valence-electron chi connectivity index (χ4n) is 4.37. The van der Waals surface area contributed by atoms with Crippen LogP contribution in [0.3, 0.4) is 0 Å². The van der Waals surface area contributed by atoms with Gasteiger partial charge in [-0.25, -0.2) is 9.50 Å². The van der Waals surface area contributed by atoms with Crippen molar-refractivity contribution in [3.8, 4) is 22.9 Å². The highest BCUT2D eigenvalue weighted by atomic mass is 16.5. The molecule has 3 fully saturated rings. The van der Waals surface area contributed by atoms with E-state index in [0.717, 1.165) is 42.9 Å². The van der Waals surface area contributed by atoms with Crippen LogP contribution in [0.25, 0.3) is 16.6 Å². The number of aliphatic hydroxyl groups is 1. The number of piperidine rings is 1. The van der Waals surface area contributed by atoms with E-state index >= 15 is 0 Å². The maximum atomic E-state index is 11.1. The first-order chi connectivity index (χ1) is 14.7. The van der Waals surface area contributed by atoms with Crippen molar-refractivity contribution in [2.45, 2.75) is 18.5 Å². The van der Waals surface area contributed by atoms with Gasteiger partial charge in [-0.1, -0.05) is 0 Å². The highest BCUT2D eigenvalue weighted by Crippen LogP contribution is 2.34. The van der Waals surface area contributed by atoms with Crippen molar-refractivity contribution < 1.29 is 14.6 Å². The molecule has 3 aliphatic rings. The van der Waals surface area contributed by atoms with Gasteiger partial charge in [-0.2, -0.15) is 10.4 Å². The first kappa shape index (κ1) is 18.4. The fourth-order valence-corrected chi connectivity index (χ4v) is 4.37. The number of piperazine rings is 1. The maximum Gasteiger partial charge on any atom is 0.210 e. The van der Waals surface area contributed by atoms with E-state index in [1.54, 1.807) is 16.9 Å². The van der Waals surface area contributed by atoms with E-state index in [1.807, 2.05) is 23.1 Å². The first-order valence-corrected chi connectivity index (χ1v) is 9.81. The number of pyridine rings is 2. The Labute approximate surface area is 172 Å². The van der Waals surface area contributed by atoms with Gasteiger partial charge in [0, 0.05) is 30.4 Å². The van der Waals surface area contributed by atoms with E-state index in [2.05, 4.69) is 21.1 Å². The molecule has 1 amide bonds. The molecule has 2 atom stereocenters. The summed E-state index contributed by atoms with van der Waals surface area (Å²) < 4.78 is 7.18. The molecule has 0 aromatic carbocycles. The zero-order valence-corrected chi connectivity index (χ0v) is 16.2. The molecule has 152 valence electrons. The summed E-state index contributed by atoms with van der Waals surface area (Å²) in [6, 6.07) is 8.49. The molecule has 6 heterocycles. The molecule has 0 radical (unpaired) electrons. The third-order valence-corrected chi connectivity index (χ3v) is 5.82. The van der Waals surface area contributed by atoms with Gasteiger partial charge < -0.3 is 19.6 Å². The SMILES string of the molecule is N#Cc1cnn2cc(OCCO)cc(-c3ccc(N4CC5CC(C4)N5C=O)nc3)c12. The zero-order valence-electron chi connectivity index (χ0n) is 16.2. The van der Waals surface area contributed by atoms with Gasteiger partial charge in [-0.3, -0.25) is 4.79 Å². The third kappa shape index (κ3) is 2.93. The first-order valence-electron chi connectivity index (χ1n) is 9.81. The molecule has 3 aromatic rings. The summed E-state index contributed by atoms with van der Waals surface area (Å²) in [4.78, 5) is 19.9. The Morgan fingerprint density at radius 1 is 1.30 bits per heavy atom. The fraction of sp³-hybridized carbons (Fsp3) is 0.333. The van der Waals surface area contributed by atoms with Crippen LogP contribution >= 0.6 is 0 Å². The lowest BCUT2D eigenvalue weighted by Crippen LogP contribution is -2.68. The molecule has 3 saturated heterocycles. The number of rotatable bonds is 6. The molecule has 1 N–H and O–H groups in total.